The van der Waals surface area contributed by atoms with E-state index < -0.39 is 34.1 Å². The van der Waals surface area contributed by atoms with E-state index in [2.05, 4.69) is 5.32 Å². The molecule has 3 aromatic carbocycles. The number of nitrogens with one attached hydrogen (secondary N) is 1. The Morgan fingerprint density at radius 2 is 1.54 bits per heavy atom. The minimum Gasteiger partial charge on any atom is -0.493 e. The Morgan fingerprint density at radius 1 is 0.927 bits per heavy atom. The molecule has 11 heteroatoms. The Balaban J connectivity index is 2.04. The van der Waals surface area contributed by atoms with E-state index >= 15 is 0 Å². The van der Waals surface area contributed by atoms with Crippen LogP contribution in [0.25, 0.3) is 0 Å². The smallest absolute Gasteiger partial charge is 0.264 e. The van der Waals surface area contributed by atoms with E-state index in [1.165, 1.54) is 37.3 Å². The molecule has 1 N–H and O–H groups in total. The zero-order valence-electron chi connectivity index (χ0n) is 24.0. The number of anilines is 1. The van der Waals surface area contributed by atoms with Gasteiger partial charge in [-0.3, -0.25) is 13.9 Å². The molecule has 220 valence electrons. The molecule has 41 heavy (non-hydrogen) atoms. The van der Waals surface area contributed by atoms with Crippen LogP contribution in [0.3, 0.4) is 0 Å². The molecular weight excluding hydrogens is 566 g/mol. The summed E-state index contributed by atoms with van der Waals surface area (Å²) in [5.41, 5.74) is 0.480. The number of amides is 2. The van der Waals surface area contributed by atoms with Crippen LogP contribution in [0.1, 0.15) is 33.3 Å². The highest BCUT2D eigenvalue weighted by Crippen LogP contribution is 2.32. The van der Waals surface area contributed by atoms with Crippen molar-refractivity contribution in [1.29, 1.82) is 0 Å². The van der Waals surface area contributed by atoms with Crippen molar-refractivity contribution < 1.29 is 27.5 Å². The highest BCUT2D eigenvalue weighted by atomic mass is 35.5. The molecule has 9 nitrogen and oxygen atoms in total. The van der Waals surface area contributed by atoms with Crippen LogP contribution in [-0.4, -0.2) is 57.5 Å². The summed E-state index contributed by atoms with van der Waals surface area (Å²) in [7, 11) is -1.40. The van der Waals surface area contributed by atoms with Gasteiger partial charge in [-0.1, -0.05) is 41.9 Å². The Labute approximate surface area is 247 Å². The summed E-state index contributed by atoms with van der Waals surface area (Å²) in [6.07, 6.45) is 0. The van der Waals surface area contributed by atoms with Crippen LogP contribution < -0.4 is 19.1 Å². The van der Waals surface area contributed by atoms with E-state index in [1.54, 1.807) is 61.5 Å². The van der Waals surface area contributed by atoms with Gasteiger partial charge in [0.1, 0.15) is 12.6 Å². The fourth-order valence-electron chi connectivity index (χ4n) is 4.07. The van der Waals surface area contributed by atoms with E-state index in [1.807, 2.05) is 20.8 Å². The average molecular weight is 602 g/mol. The van der Waals surface area contributed by atoms with Gasteiger partial charge >= 0.3 is 0 Å². The van der Waals surface area contributed by atoms with E-state index in [0.717, 1.165) is 9.87 Å². The zero-order valence-corrected chi connectivity index (χ0v) is 25.6. The number of sulfonamides is 1. The number of methoxy groups -OCH3 is 2. The minimum absolute atomic E-state index is 0.0633. The molecule has 0 aliphatic carbocycles. The molecule has 3 rings (SSSR count). The van der Waals surface area contributed by atoms with Gasteiger partial charge in [0.25, 0.3) is 10.0 Å². The SMILES string of the molecule is COc1ccc(S(=O)(=O)N(CC(=O)N(Cc2ccc(Cl)cc2)[C@H](C)C(=O)NC(C)(C)C)c2ccccc2)cc1OC. The summed E-state index contributed by atoms with van der Waals surface area (Å²) in [6, 6.07) is 18.5. The van der Waals surface area contributed by atoms with Crippen LogP contribution in [-0.2, 0) is 26.2 Å². The molecule has 0 bridgehead atoms. The fourth-order valence-corrected chi connectivity index (χ4v) is 5.63. The second-order valence-corrected chi connectivity index (χ2v) is 12.7. The third-order valence-electron chi connectivity index (χ3n) is 6.20. The van der Waals surface area contributed by atoms with Crippen molar-refractivity contribution in [3.63, 3.8) is 0 Å². The van der Waals surface area contributed by atoms with E-state index in [-0.39, 0.29) is 28.8 Å². The Kier molecular flexibility index (Phi) is 10.3. The third-order valence-corrected chi connectivity index (χ3v) is 8.22. The van der Waals surface area contributed by atoms with Gasteiger partial charge in [0.15, 0.2) is 11.5 Å². The summed E-state index contributed by atoms with van der Waals surface area (Å²) in [5.74, 6) is -0.343. The summed E-state index contributed by atoms with van der Waals surface area (Å²) in [4.78, 5) is 28.4. The van der Waals surface area contributed by atoms with Crippen molar-refractivity contribution in [1.82, 2.24) is 10.2 Å². The Hall–Kier alpha value is -3.76. The normalized spacial score (nSPS) is 12.3. The molecule has 1 atom stereocenters. The maximum atomic E-state index is 14.0. The van der Waals surface area contributed by atoms with Gasteiger partial charge in [-0.05, 0) is 69.7 Å². The predicted octanol–water partition coefficient (Wildman–Crippen LogP) is 4.88. The van der Waals surface area contributed by atoms with Crippen LogP contribution in [0.2, 0.25) is 5.02 Å². The van der Waals surface area contributed by atoms with Crippen molar-refractivity contribution in [2.45, 2.75) is 50.7 Å². The van der Waals surface area contributed by atoms with Gasteiger partial charge in [-0.2, -0.15) is 0 Å². The number of halogens is 1. The highest BCUT2D eigenvalue weighted by molar-refractivity contribution is 7.92. The van der Waals surface area contributed by atoms with Crippen molar-refractivity contribution >= 4 is 39.1 Å². The summed E-state index contributed by atoms with van der Waals surface area (Å²) in [5, 5.41) is 3.43. The highest BCUT2D eigenvalue weighted by Gasteiger charge is 2.33. The standard InChI is InChI=1S/C30H36ClN3O6S/c1-21(29(36)32-30(2,3)4)33(19-22-12-14-23(31)15-13-22)28(35)20-34(24-10-8-7-9-11-24)41(37,38)25-16-17-26(39-5)27(18-25)40-6/h7-18,21H,19-20H2,1-6H3,(H,32,36)/t21-/m1/s1. The van der Waals surface area contributed by atoms with Gasteiger partial charge in [0.05, 0.1) is 24.8 Å². The van der Waals surface area contributed by atoms with Crippen LogP contribution in [0, 0.1) is 0 Å². The molecule has 0 spiro atoms. The number of para-hydroxylation sites is 1. The second-order valence-electron chi connectivity index (χ2n) is 10.4. The van der Waals surface area contributed by atoms with Gasteiger partial charge in [-0.15, -0.1) is 0 Å². The van der Waals surface area contributed by atoms with Crippen molar-refractivity contribution in [2.24, 2.45) is 0 Å². The molecule has 0 radical (unpaired) electrons. The molecule has 2 amide bonds. The van der Waals surface area contributed by atoms with Gasteiger partial charge in [0.2, 0.25) is 11.8 Å². The molecular formula is C30H36ClN3O6S. The van der Waals surface area contributed by atoms with E-state index in [4.69, 9.17) is 21.1 Å². The number of nitrogens with zero attached hydrogens (tertiary/aromatic N) is 2. The minimum atomic E-state index is -4.26. The molecule has 0 fully saturated rings. The molecule has 0 unspecified atom stereocenters. The lowest BCUT2D eigenvalue weighted by Crippen LogP contribution is -2.54. The summed E-state index contributed by atoms with van der Waals surface area (Å²) in [6.45, 7) is 6.65. The molecule has 0 saturated heterocycles. The Bertz CT molecular complexity index is 1460. The van der Waals surface area contributed by atoms with Crippen molar-refractivity contribution in [2.75, 3.05) is 25.1 Å². The molecule has 0 saturated carbocycles. The van der Waals surface area contributed by atoms with Gasteiger partial charge in [-0.25, -0.2) is 8.42 Å². The number of hydrogen-bond donors (Lipinski definition) is 1. The number of carbonyl (C=O) groups excluding carboxylic acids is 2. The van der Waals surface area contributed by atoms with E-state index in [9.17, 15) is 18.0 Å². The number of carbonyl (C=O) groups is 2. The first-order valence-electron chi connectivity index (χ1n) is 12.9. The maximum Gasteiger partial charge on any atom is 0.264 e. The quantitative estimate of drug-likeness (QED) is 0.336. The summed E-state index contributed by atoms with van der Waals surface area (Å²) < 4.78 is 39.6. The second kappa shape index (κ2) is 13.3. The van der Waals surface area contributed by atoms with Crippen LogP contribution in [0.4, 0.5) is 5.69 Å². The predicted molar refractivity (Wildman–Crippen MR) is 160 cm³/mol. The number of hydrogen-bond acceptors (Lipinski definition) is 6. The van der Waals surface area contributed by atoms with Crippen molar-refractivity contribution in [3.05, 3.63) is 83.4 Å². The number of rotatable bonds is 11. The maximum absolute atomic E-state index is 14.0. The molecule has 0 aliphatic heterocycles. The lowest BCUT2D eigenvalue weighted by Gasteiger charge is -2.33. The lowest BCUT2D eigenvalue weighted by molar-refractivity contribution is -0.140. The van der Waals surface area contributed by atoms with Crippen molar-refractivity contribution in [3.8, 4) is 11.5 Å². The molecule has 0 aromatic heterocycles. The fraction of sp³-hybridized carbons (Fsp3) is 0.333. The molecule has 0 heterocycles. The van der Waals surface area contributed by atoms with Crippen LogP contribution in [0.5, 0.6) is 11.5 Å². The summed E-state index contributed by atoms with van der Waals surface area (Å²) >= 11 is 6.05. The first-order chi connectivity index (χ1) is 19.3. The number of benzene rings is 3. The van der Waals surface area contributed by atoms with Crippen LogP contribution in [0.15, 0.2) is 77.7 Å². The average Bonchev–Trinajstić information content (AvgIpc) is 2.94. The largest absolute Gasteiger partial charge is 0.493 e. The third kappa shape index (κ3) is 8.14. The lowest BCUT2D eigenvalue weighted by atomic mass is 10.1. The number of ether oxygens (including phenoxy) is 2. The van der Waals surface area contributed by atoms with Gasteiger partial charge < -0.3 is 19.7 Å². The first-order valence-corrected chi connectivity index (χ1v) is 14.7. The Morgan fingerprint density at radius 3 is 2.10 bits per heavy atom. The monoisotopic (exact) mass is 601 g/mol. The van der Waals surface area contributed by atoms with Crippen LogP contribution >= 0.6 is 11.6 Å². The first kappa shape index (κ1) is 31.8. The topological polar surface area (TPSA) is 105 Å². The zero-order chi connectivity index (χ0) is 30.4. The molecule has 0 aliphatic rings. The van der Waals surface area contributed by atoms with E-state index in [0.29, 0.717) is 10.8 Å². The molecule has 3 aromatic rings. The van der Waals surface area contributed by atoms with Gasteiger partial charge in [0, 0.05) is 23.2 Å².